The second-order valence-electron chi connectivity index (χ2n) is 4.28. The summed E-state index contributed by atoms with van der Waals surface area (Å²) in [5.41, 5.74) is 0.744. The maximum Gasteiger partial charge on any atom is 0.324 e. The first-order chi connectivity index (χ1) is 7.47. The highest BCUT2D eigenvalue weighted by Crippen LogP contribution is 2.37. The van der Waals surface area contributed by atoms with Gasteiger partial charge in [0.05, 0.1) is 0 Å². The smallest absolute Gasteiger partial charge is 0.324 e. The van der Waals surface area contributed by atoms with Gasteiger partial charge in [0, 0.05) is 12.4 Å². The van der Waals surface area contributed by atoms with Crippen molar-refractivity contribution >= 4 is 17.7 Å². The van der Waals surface area contributed by atoms with Gasteiger partial charge in [0.2, 0.25) is 0 Å². The van der Waals surface area contributed by atoms with Gasteiger partial charge in [0.15, 0.2) is 0 Å². The Morgan fingerprint density at radius 2 is 2.31 bits per heavy atom. The number of aromatic nitrogens is 1. The molecule has 0 saturated heterocycles. The number of hydrogen-bond acceptors (Lipinski definition) is 3. The van der Waals surface area contributed by atoms with Crippen molar-refractivity contribution in [2.24, 2.45) is 5.92 Å². The van der Waals surface area contributed by atoms with Crippen molar-refractivity contribution in [3.05, 3.63) is 30.1 Å². The number of rotatable bonds is 5. The Balaban J connectivity index is 2.93. The number of carboxylic acid groups (broad SMARTS) is 1. The van der Waals surface area contributed by atoms with Gasteiger partial charge < -0.3 is 5.11 Å². The van der Waals surface area contributed by atoms with Crippen LogP contribution < -0.4 is 0 Å². The normalized spacial score (nSPS) is 14.8. The van der Waals surface area contributed by atoms with Crippen LogP contribution in [0.1, 0.15) is 26.3 Å². The lowest BCUT2D eigenvalue weighted by Crippen LogP contribution is -2.29. The number of pyridine rings is 1. The molecule has 16 heavy (non-hydrogen) atoms. The van der Waals surface area contributed by atoms with Crippen molar-refractivity contribution in [3.63, 3.8) is 0 Å². The summed E-state index contributed by atoms with van der Waals surface area (Å²) in [4.78, 5) is 15.4. The van der Waals surface area contributed by atoms with E-state index in [1.54, 1.807) is 25.4 Å². The van der Waals surface area contributed by atoms with Gasteiger partial charge in [-0.15, -0.1) is 11.8 Å². The van der Waals surface area contributed by atoms with Crippen LogP contribution in [0.25, 0.3) is 0 Å². The fourth-order valence-electron chi connectivity index (χ4n) is 1.25. The SMILES string of the molecule is CC(C)CSC(C)(C(=O)O)c1cccnc1. The molecule has 0 spiro atoms. The van der Waals surface area contributed by atoms with Crippen molar-refractivity contribution in [2.45, 2.75) is 25.5 Å². The predicted molar refractivity (Wildman–Crippen MR) is 66.5 cm³/mol. The van der Waals surface area contributed by atoms with Crippen LogP contribution in [-0.4, -0.2) is 21.8 Å². The van der Waals surface area contributed by atoms with Crippen LogP contribution in [0.15, 0.2) is 24.5 Å². The van der Waals surface area contributed by atoms with E-state index in [0.29, 0.717) is 5.92 Å². The molecule has 0 aliphatic carbocycles. The van der Waals surface area contributed by atoms with Gasteiger partial charge >= 0.3 is 5.97 Å². The Labute approximate surface area is 100 Å². The van der Waals surface area contributed by atoms with Crippen molar-refractivity contribution in [1.29, 1.82) is 0 Å². The second-order valence-corrected chi connectivity index (χ2v) is 5.72. The summed E-state index contributed by atoms with van der Waals surface area (Å²) in [6, 6.07) is 3.58. The van der Waals surface area contributed by atoms with Crippen LogP contribution in [-0.2, 0) is 9.54 Å². The topological polar surface area (TPSA) is 50.2 Å². The number of carbonyl (C=O) groups is 1. The zero-order chi connectivity index (χ0) is 12.2. The summed E-state index contributed by atoms with van der Waals surface area (Å²) >= 11 is 1.45. The summed E-state index contributed by atoms with van der Waals surface area (Å²) in [6.45, 7) is 5.90. The maximum absolute atomic E-state index is 11.4. The van der Waals surface area contributed by atoms with E-state index in [1.165, 1.54) is 11.8 Å². The fourth-order valence-corrected chi connectivity index (χ4v) is 2.32. The molecule has 0 fully saturated rings. The first kappa shape index (κ1) is 13.0. The monoisotopic (exact) mass is 239 g/mol. The number of thioether (sulfide) groups is 1. The Morgan fingerprint density at radius 3 is 2.75 bits per heavy atom. The van der Waals surface area contributed by atoms with Crippen molar-refractivity contribution in [3.8, 4) is 0 Å². The van der Waals surface area contributed by atoms with E-state index in [1.807, 2.05) is 6.07 Å². The molecule has 1 aromatic heterocycles. The van der Waals surface area contributed by atoms with Crippen LogP contribution in [0.4, 0.5) is 0 Å². The molecule has 3 nitrogen and oxygen atoms in total. The maximum atomic E-state index is 11.4. The van der Waals surface area contributed by atoms with E-state index in [-0.39, 0.29) is 0 Å². The van der Waals surface area contributed by atoms with Crippen molar-refractivity contribution in [1.82, 2.24) is 4.98 Å². The highest BCUT2D eigenvalue weighted by atomic mass is 32.2. The standard InChI is InChI=1S/C12H17NO2S/c1-9(2)8-16-12(3,11(14)15)10-5-4-6-13-7-10/h4-7,9H,8H2,1-3H3,(H,14,15). The first-order valence-corrected chi connectivity index (χ1v) is 6.23. The summed E-state index contributed by atoms with van der Waals surface area (Å²) in [7, 11) is 0. The van der Waals surface area contributed by atoms with Crippen LogP contribution in [0.3, 0.4) is 0 Å². The van der Waals surface area contributed by atoms with E-state index >= 15 is 0 Å². The van der Waals surface area contributed by atoms with Crippen molar-refractivity contribution in [2.75, 3.05) is 5.75 Å². The van der Waals surface area contributed by atoms with Gasteiger partial charge in [0.1, 0.15) is 4.75 Å². The minimum Gasteiger partial charge on any atom is -0.480 e. The largest absolute Gasteiger partial charge is 0.480 e. The third-order valence-electron chi connectivity index (χ3n) is 2.33. The Bertz CT molecular complexity index is 353. The third kappa shape index (κ3) is 2.98. The molecule has 1 N–H and O–H groups in total. The molecule has 0 radical (unpaired) electrons. The van der Waals surface area contributed by atoms with Crippen LogP contribution in [0, 0.1) is 5.92 Å². The second kappa shape index (κ2) is 5.34. The molecule has 1 unspecified atom stereocenters. The summed E-state index contributed by atoms with van der Waals surface area (Å²) in [5.74, 6) is 0.476. The summed E-state index contributed by atoms with van der Waals surface area (Å²) in [6.07, 6.45) is 3.28. The Kier molecular flexibility index (Phi) is 4.35. The lowest BCUT2D eigenvalue weighted by molar-refractivity contribution is -0.139. The lowest BCUT2D eigenvalue weighted by Gasteiger charge is -2.25. The molecule has 88 valence electrons. The predicted octanol–water partition coefficient (Wildman–Crippen LogP) is 2.77. The molecule has 0 aliphatic rings. The summed E-state index contributed by atoms with van der Waals surface area (Å²) < 4.78 is -0.904. The fraction of sp³-hybridized carbons (Fsp3) is 0.500. The molecule has 0 saturated carbocycles. The number of carboxylic acids is 1. The van der Waals surface area contributed by atoms with Gasteiger partial charge in [-0.1, -0.05) is 19.9 Å². The molecule has 0 aromatic carbocycles. The van der Waals surface area contributed by atoms with Crippen LogP contribution >= 0.6 is 11.8 Å². The number of nitrogens with zero attached hydrogens (tertiary/aromatic N) is 1. The average molecular weight is 239 g/mol. The van der Waals surface area contributed by atoms with Gasteiger partial charge in [0.25, 0.3) is 0 Å². The van der Waals surface area contributed by atoms with E-state index in [4.69, 9.17) is 0 Å². The van der Waals surface area contributed by atoms with Crippen LogP contribution in [0.5, 0.6) is 0 Å². The third-order valence-corrected chi connectivity index (χ3v) is 4.15. The van der Waals surface area contributed by atoms with E-state index in [2.05, 4.69) is 18.8 Å². The minimum absolute atomic E-state index is 0.473. The molecule has 1 heterocycles. The van der Waals surface area contributed by atoms with Gasteiger partial charge in [-0.2, -0.15) is 0 Å². The van der Waals surface area contributed by atoms with Gasteiger partial charge in [-0.3, -0.25) is 9.78 Å². The Hall–Kier alpha value is -1.03. The van der Waals surface area contributed by atoms with Crippen LogP contribution in [0.2, 0.25) is 0 Å². The molecule has 0 amide bonds. The molecule has 0 aliphatic heterocycles. The number of hydrogen-bond donors (Lipinski definition) is 1. The molecule has 1 rings (SSSR count). The minimum atomic E-state index is -0.904. The molecule has 0 bridgehead atoms. The average Bonchev–Trinajstić information content (AvgIpc) is 2.26. The highest BCUT2D eigenvalue weighted by Gasteiger charge is 2.36. The zero-order valence-electron chi connectivity index (χ0n) is 9.80. The van der Waals surface area contributed by atoms with E-state index < -0.39 is 10.7 Å². The lowest BCUT2D eigenvalue weighted by atomic mass is 10.0. The summed E-state index contributed by atoms with van der Waals surface area (Å²) in [5, 5.41) is 9.35. The van der Waals surface area contributed by atoms with E-state index in [9.17, 15) is 9.90 Å². The quantitative estimate of drug-likeness (QED) is 0.858. The van der Waals surface area contributed by atoms with Gasteiger partial charge in [-0.05, 0) is 30.2 Å². The highest BCUT2D eigenvalue weighted by molar-refractivity contribution is 8.00. The molecule has 4 heteroatoms. The Morgan fingerprint density at radius 1 is 1.62 bits per heavy atom. The zero-order valence-corrected chi connectivity index (χ0v) is 10.6. The first-order valence-electron chi connectivity index (χ1n) is 5.24. The molecular weight excluding hydrogens is 222 g/mol. The number of aliphatic carboxylic acids is 1. The molecular formula is C12H17NO2S. The van der Waals surface area contributed by atoms with E-state index in [0.717, 1.165) is 11.3 Å². The molecule has 1 aromatic rings. The van der Waals surface area contributed by atoms with Crippen molar-refractivity contribution < 1.29 is 9.90 Å². The van der Waals surface area contributed by atoms with Gasteiger partial charge in [-0.25, -0.2) is 0 Å². The molecule has 1 atom stereocenters.